The number of nitrogens with one attached hydrogen (secondary N) is 1. The van der Waals surface area contributed by atoms with Crippen LogP contribution in [0.15, 0.2) is 35.5 Å². The number of hydrogen-bond donors (Lipinski definition) is 1. The van der Waals surface area contributed by atoms with Gasteiger partial charge in [-0.1, -0.05) is 40.9 Å². The van der Waals surface area contributed by atoms with Gasteiger partial charge in [-0.2, -0.15) is 13.2 Å². The van der Waals surface area contributed by atoms with Crippen molar-refractivity contribution in [1.29, 1.82) is 0 Å². The van der Waals surface area contributed by atoms with E-state index in [9.17, 15) is 18.0 Å². The number of halogens is 6. The Bertz CT molecular complexity index is 767. The molecule has 25 heavy (non-hydrogen) atoms. The number of amides is 1. The second-order valence-electron chi connectivity index (χ2n) is 4.71. The number of pyridine rings is 1. The Labute approximate surface area is 160 Å². The van der Waals surface area contributed by atoms with E-state index in [0.717, 1.165) is 24.0 Å². The highest BCUT2D eigenvalue weighted by Crippen LogP contribution is 2.33. The van der Waals surface area contributed by atoms with Crippen molar-refractivity contribution in [3.8, 4) is 0 Å². The van der Waals surface area contributed by atoms with Crippen molar-refractivity contribution in [2.24, 2.45) is 0 Å². The first-order valence-corrected chi connectivity index (χ1v) is 8.90. The van der Waals surface area contributed by atoms with Gasteiger partial charge >= 0.3 is 6.18 Å². The fraction of sp³-hybridized carbons (Fsp3) is 0.200. The van der Waals surface area contributed by atoms with Gasteiger partial charge in [-0.25, -0.2) is 4.98 Å². The topological polar surface area (TPSA) is 42.0 Å². The minimum Gasteiger partial charge on any atom is -0.351 e. The molecule has 134 valence electrons. The summed E-state index contributed by atoms with van der Waals surface area (Å²) >= 11 is 18.8. The molecule has 1 N–H and O–H groups in total. The molecule has 1 aromatic carbocycles. The third kappa shape index (κ3) is 5.41. The Balaban J connectivity index is 1.90. The van der Waals surface area contributed by atoms with Crippen LogP contribution in [-0.2, 0) is 6.18 Å². The average molecular weight is 430 g/mol. The SMILES string of the molecule is O=C(NCCSc1ncc(C(F)(F)F)cc1Cl)c1c(Cl)cccc1Cl. The Morgan fingerprint density at radius 1 is 1.16 bits per heavy atom. The Kier molecular flexibility index (Phi) is 6.85. The first-order valence-electron chi connectivity index (χ1n) is 6.78. The first kappa shape index (κ1) is 20.2. The van der Waals surface area contributed by atoms with Gasteiger partial charge in [0.2, 0.25) is 0 Å². The van der Waals surface area contributed by atoms with E-state index in [4.69, 9.17) is 34.8 Å². The summed E-state index contributed by atoms with van der Waals surface area (Å²) in [6.07, 6.45) is -3.78. The van der Waals surface area contributed by atoms with Crippen molar-refractivity contribution in [2.75, 3.05) is 12.3 Å². The highest BCUT2D eigenvalue weighted by atomic mass is 35.5. The molecule has 0 unspecified atom stereocenters. The summed E-state index contributed by atoms with van der Waals surface area (Å²) in [6, 6.07) is 5.53. The smallest absolute Gasteiger partial charge is 0.351 e. The minimum absolute atomic E-state index is 0.0969. The zero-order valence-electron chi connectivity index (χ0n) is 12.3. The van der Waals surface area contributed by atoms with Crippen LogP contribution in [0.2, 0.25) is 15.1 Å². The number of carbonyl (C=O) groups is 1. The molecule has 2 rings (SSSR count). The van der Waals surface area contributed by atoms with Crippen molar-refractivity contribution in [3.05, 3.63) is 56.7 Å². The number of carbonyl (C=O) groups excluding carboxylic acids is 1. The number of rotatable bonds is 5. The zero-order chi connectivity index (χ0) is 18.6. The molecule has 0 atom stereocenters. The highest BCUT2D eigenvalue weighted by Gasteiger charge is 2.31. The summed E-state index contributed by atoms with van der Waals surface area (Å²) in [5.41, 5.74) is -0.745. The van der Waals surface area contributed by atoms with Gasteiger partial charge < -0.3 is 5.32 Å². The molecule has 0 bridgehead atoms. The van der Waals surface area contributed by atoms with Crippen LogP contribution in [0, 0.1) is 0 Å². The van der Waals surface area contributed by atoms with E-state index < -0.39 is 17.6 Å². The Hall–Kier alpha value is -1.15. The van der Waals surface area contributed by atoms with Crippen molar-refractivity contribution in [2.45, 2.75) is 11.2 Å². The molecule has 1 heterocycles. The summed E-state index contributed by atoms with van der Waals surface area (Å²) in [5, 5.41) is 3.23. The number of nitrogens with zero attached hydrogens (tertiary/aromatic N) is 1. The molecule has 0 radical (unpaired) electrons. The van der Waals surface area contributed by atoms with Crippen LogP contribution in [-0.4, -0.2) is 23.2 Å². The monoisotopic (exact) mass is 428 g/mol. The van der Waals surface area contributed by atoms with Gasteiger partial charge in [-0.3, -0.25) is 4.79 Å². The number of aromatic nitrogens is 1. The molecule has 1 amide bonds. The molecule has 0 fully saturated rings. The van der Waals surface area contributed by atoms with Gasteiger partial charge in [0.15, 0.2) is 0 Å². The van der Waals surface area contributed by atoms with Crippen LogP contribution in [0.25, 0.3) is 0 Å². The standard InChI is InChI=1S/C15H10Cl3F3N2OS/c16-9-2-1-3-10(17)12(9)13(24)22-4-5-25-14-11(18)6-8(7-23-14)15(19,20)21/h1-3,6-7H,4-5H2,(H,22,24). The summed E-state index contributed by atoms with van der Waals surface area (Å²) in [7, 11) is 0. The lowest BCUT2D eigenvalue weighted by molar-refractivity contribution is -0.137. The molecule has 0 saturated heterocycles. The molecule has 0 aliphatic heterocycles. The lowest BCUT2D eigenvalue weighted by Gasteiger charge is -2.10. The second-order valence-corrected chi connectivity index (χ2v) is 7.01. The Morgan fingerprint density at radius 2 is 1.80 bits per heavy atom. The van der Waals surface area contributed by atoms with Gasteiger partial charge in [0.1, 0.15) is 5.03 Å². The predicted octanol–water partition coefficient (Wildman–Crippen LogP) is 5.58. The zero-order valence-corrected chi connectivity index (χ0v) is 15.4. The molecule has 1 aromatic heterocycles. The summed E-state index contributed by atoms with van der Waals surface area (Å²) < 4.78 is 37.6. The van der Waals surface area contributed by atoms with Crippen molar-refractivity contribution < 1.29 is 18.0 Å². The molecule has 0 aliphatic rings. The van der Waals surface area contributed by atoms with E-state index in [-0.39, 0.29) is 32.2 Å². The maximum absolute atomic E-state index is 12.5. The molecule has 0 spiro atoms. The van der Waals surface area contributed by atoms with E-state index in [1.54, 1.807) is 18.2 Å². The predicted molar refractivity (Wildman–Crippen MR) is 93.8 cm³/mol. The van der Waals surface area contributed by atoms with E-state index in [1.165, 1.54) is 0 Å². The molecular formula is C15H10Cl3F3N2OS. The maximum atomic E-state index is 12.5. The lowest BCUT2D eigenvalue weighted by Crippen LogP contribution is -2.26. The quantitative estimate of drug-likeness (QED) is 0.498. The van der Waals surface area contributed by atoms with Crippen molar-refractivity contribution in [1.82, 2.24) is 10.3 Å². The van der Waals surface area contributed by atoms with Crippen LogP contribution >= 0.6 is 46.6 Å². The van der Waals surface area contributed by atoms with Gasteiger partial charge in [-0.05, 0) is 18.2 Å². The van der Waals surface area contributed by atoms with Crippen molar-refractivity contribution in [3.63, 3.8) is 0 Å². The van der Waals surface area contributed by atoms with E-state index in [0.29, 0.717) is 5.75 Å². The van der Waals surface area contributed by atoms with E-state index >= 15 is 0 Å². The number of hydrogen-bond acceptors (Lipinski definition) is 3. The Morgan fingerprint density at radius 3 is 2.36 bits per heavy atom. The minimum atomic E-state index is -4.50. The lowest BCUT2D eigenvalue weighted by atomic mass is 10.2. The van der Waals surface area contributed by atoms with Crippen LogP contribution in [0.1, 0.15) is 15.9 Å². The number of alkyl halides is 3. The fourth-order valence-electron chi connectivity index (χ4n) is 1.80. The summed E-state index contributed by atoms with van der Waals surface area (Å²) in [5.74, 6) is -0.0889. The fourth-order valence-corrected chi connectivity index (χ4v) is 3.42. The summed E-state index contributed by atoms with van der Waals surface area (Å²) in [4.78, 5) is 15.8. The molecule has 10 heteroatoms. The maximum Gasteiger partial charge on any atom is 0.417 e. The molecule has 3 nitrogen and oxygen atoms in total. The summed E-state index contributed by atoms with van der Waals surface area (Å²) in [6.45, 7) is 0.226. The molecular weight excluding hydrogens is 420 g/mol. The highest BCUT2D eigenvalue weighted by molar-refractivity contribution is 7.99. The van der Waals surface area contributed by atoms with Crippen LogP contribution in [0.5, 0.6) is 0 Å². The van der Waals surface area contributed by atoms with Gasteiger partial charge in [0, 0.05) is 18.5 Å². The van der Waals surface area contributed by atoms with Crippen molar-refractivity contribution >= 4 is 52.5 Å². The third-order valence-corrected chi connectivity index (χ3v) is 4.99. The van der Waals surface area contributed by atoms with Crippen LogP contribution in [0.4, 0.5) is 13.2 Å². The first-order chi connectivity index (χ1) is 11.7. The molecule has 0 aliphatic carbocycles. The number of thioether (sulfide) groups is 1. The van der Waals surface area contributed by atoms with E-state index in [1.807, 2.05) is 0 Å². The van der Waals surface area contributed by atoms with Crippen LogP contribution < -0.4 is 5.32 Å². The van der Waals surface area contributed by atoms with Gasteiger partial charge in [-0.15, -0.1) is 11.8 Å². The molecule has 0 saturated carbocycles. The normalized spacial score (nSPS) is 11.4. The molecule has 2 aromatic rings. The van der Waals surface area contributed by atoms with Gasteiger partial charge in [0.05, 0.1) is 26.2 Å². The van der Waals surface area contributed by atoms with Gasteiger partial charge in [0.25, 0.3) is 5.91 Å². The number of benzene rings is 1. The second kappa shape index (κ2) is 8.49. The largest absolute Gasteiger partial charge is 0.417 e. The van der Waals surface area contributed by atoms with E-state index in [2.05, 4.69) is 10.3 Å². The van der Waals surface area contributed by atoms with Crippen LogP contribution in [0.3, 0.4) is 0 Å². The third-order valence-electron chi connectivity index (χ3n) is 2.95. The average Bonchev–Trinajstić information content (AvgIpc) is 2.51.